The third-order valence-corrected chi connectivity index (χ3v) is 8.14. The quantitative estimate of drug-likeness (QED) is 0.252. The van der Waals surface area contributed by atoms with E-state index in [-0.39, 0.29) is 18.1 Å². The molecule has 1 aromatic heterocycles. The molecule has 0 fully saturated rings. The maximum Gasteiger partial charge on any atom is 0.415 e. The molecule has 8 nitrogen and oxygen atoms in total. The third-order valence-electron chi connectivity index (χ3n) is 7.16. The normalized spacial score (nSPS) is 13.6. The van der Waals surface area contributed by atoms with E-state index in [1.807, 2.05) is 57.1 Å². The van der Waals surface area contributed by atoms with Crippen LogP contribution >= 0.6 is 11.3 Å². The second-order valence-corrected chi connectivity index (χ2v) is 12.6. The number of nitrogens with one attached hydrogen (secondary N) is 1. The predicted octanol–water partition coefficient (Wildman–Crippen LogP) is 7.08. The molecule has 9 heteroatoms. The fourth-order valence-corrected chi connectivity index (χ4v) is 5.94. The molecule has 0 atom stereocenters. The smallest absolute Gasteiger partial charge is 0.415 e. The van der Waals surface area contributed by atoms with Crippen molar-refractivity contribution in [2.24, 2.45) is 0 Å². The fraction of sp³-hybridized carbons (Fsp3) is 0.394. The second-order valence-electron chi connectivity index (χ2n) is 11.3. The molecule has 1 aliphatic heterocycles. The van der Waals surface area contributed by atoms with Gasteiger partial charge in [-0.05, 0) is 90.2 Å². The van der Waals surface area contributed by atoms with Gasteiger partial charge in [0.15, 0.2) is 0 Å². The van der Waals surface area contributed by atoms with E-state index in [9.17, 15) is 9.59 Å². The minimum Gasteiger partial charge on any atom is -0.496 e. The number of nitrogens with zero attached hydrogens (tertiary/aromatic N) is 2. The molecule has 2 heterocycles. The van der Waals surface area contributed by atoms with Crippen LogP contribution in [0.15, 0.2) is 48.5 Å². The van der Waals surface area contributed by atoms with Gasteiger partial charge in [-0.3, -0.25) is 0 Å². The van der Waals surface area contributed by atoms with E-state index in [0.29, 0.717) is 29.5 Å². The van der Waals surface area contributed by atoms with Crippen LogP contribution in [0.3, 0.4) is 0 Å². The Hall–Kier alpha value is -3.82. The Morgan fingerprint density at radius 3 is 2.38 bits per heavy atom. The number of esters is 1. The van der Waals surface area contributed by atoms with Crippen molar-refractivity contribution < 1.29 is 23.8 Å². The summed E-state index contributed by atoms with van der Waals surface area (Å²) in [6, 6.07) is 13.1. The summed E-state index contributed by atoms with van der Waals surface area (Å²) in [5.74, 6) is 0.581. The Morgan fingerprint density at radius 1 is 1.00 bits per heavy atom. The van der Waals surface area contributed by atoms with E-state index in [2.05, 4.69) is 32.2 Å². The molecule has 1 N–H and O–H groups in total. The van der Waals surface area contributed by atoms with E-state index in [0.717, 1.165) is 44.9 Å². The van der Waals surface area contributed by atoms with Gasteiger partial charge in [0.1, 0.15) is 23.0 Å². The maximum absolute atomic E-state index is 12.9. The first-order valence-corrected chi connectivity index (χ1v) is 14.9. The van der Waals surface area contributed by atoms with Gasteiger partial charge in [-0.25, -0.2) is 9.59 Å². The van der Waals surface area contributed by atoms with Crippen LogP contribution in [0.25, 0.3) is 16.7 Å². The van der Waals surface area contributed by atoms with Gasteiger partial charge in [0, 0.05) is 53.0 Å². The summed E-state index contributed by atoms with van der Waals surface area (Å²) in [4.78, 5) is 31.1. The number of allylic oxidation sites excluding steroid dienone is 1. The third kappa shape index (κ3) is 7.14. The number of rotatable bonds is 10. The van der Waals surface area contributed by atoms with Gasteiger partial charge in [-0.2, -0.15) is 0 Å². The lowest BCUT2D eigenvalue weighted by Gasteiger charge is -2.33. The van der Waals surface area contributed by atoms with E-state index in [4.69, 9.17) is 14.2 Å². The van der Waals surface area contributed by atoms with E-state index in [1.54, 1.807) is 30.2 Å². The summed E-state index contributed by atoms with van der Waals surface area (Å²) in [5, 5.41) is 3.59. The van der Waals surface area contributed by atoms with Crippen molar-refractivity contribution >= 4 is 34.7 Å². The predicted molar refractivity (Wildman–Crippen MR) is 170 cm³/mol. The van der Waals surface area contributed by atoms with Crippen LogP contribution in [-0.4, -0.2) is 68.2 Å². The molecule has 0 saturated carbocycles. The Bertz CT molecular complexity index is 1490. The molecule has 3 aromatic rings. The van der Waals surface area contributed by atoms with Crippen molar-refractivity contribution in [2.45, 2.75) is 46.8 Å². The Kier molecular flexibility index (Phi) is 9.64. The van der Waals surface area contributed by atoms with Crippen molar-refractivity contribution in [3.05, 3.63) is 69.4 Å². The molecule has 0 bridgehead atoms. The number of likely N-dealkylation sites (N-methyl/N-ethyl adjacent to an activating group) is 2. The summed E-state index contributed by atoms with van der Waals surface area (Å²) in [5.41, 5.74) is 5.39. The van der Waals surface area contributed by atoms with Crippen LogP contribution in [0.1, 0.15) is 53.4 Å². The number of anilines is 1. The molecule has 1 aliphatic rings. The molecule has 0 spiro atoms. The van der Waals surface area contributed by atoms with Crippen LogP contribution in [0, 0.1) is 6.92 Å². The largest absolute Gasteiger partial charge is 0.496 e. The number of hydrogen-bond donors (Lipinski definition) is 1. The van der Waals surface area contributed by atoms with Gasteiger partial charge >= 0.3 is 12.1 Å². The topological polar surface area (TPSA) is 80.3 Å². The molecule has 42 heavy (non-hydrogen) atoms. The molecule has 0 saturated heterocycles. The molecule has 1 amide bonds. The highest BCUT2D eigenvalue weighted by molar-refractivity contribution is 7.13. The van der Waals surface area contributed by atoms with Gasteiger partial charge in [-0.15, -0.1) is 11.3 Å². The Labute approximate surface area is 252 Å². The molecular formula is C33H41N3O5S. The van der Waals surface area contributed by atoms with Crippen LogP contribution < -0.4 is 14.8 Å². The van der Waals surface area contributed by atoms with Crippen LogP contribution in [-0.2, 0) is 11.3 Å². The highest BCUT2D eigenvalue weighted by Gasteiger charge is 2.28. The van der Waals surface area contributed by atoms with Gasteiger partial charge in [0.2, 0.25) is 0 Å². The maximum atomic E-state index is 12.9. The average Bonchev–Trinajstić information content (AvgIpc) is 3.37. The standard InChI is InChI=1S/C33H41N3O5S/c1-9-36(17-16-35(6)7)32(38)41-23-11-12-25(28(18-23)39-8)24-13-14-27-30(21(2)19-33(4,5)34-27)26(24)20-40-31(37)29-15-10-22(3)42-29/h10-15,18-19,34H,9,16-17,20H2,1-8H3. The first-order valence-electron chi connectivity index (χ1n) is 14.1. The summed E-state index contributed by atoms with van der Waals surface area (Å²) in [6.45, 7) is 12.1. The zero-order valence-corrected chi connectivity index (χ0v) is 26.6. The lowest BCUT2D eigenvalue weighted by molar-refractivity contribution is 0.0479. The number of carbonyl (C=O) groups is 2. The average molecular weight is 592 g/mol. The van der Waals surface area contributed by atoms with Crippen molar-refractivity contribution in [1.29, 1.82) is 0 Å². The first-order chi connectivity index (χ1) is 19.9. The highest BCUT2D eigenvalue weighted by Crippen LogP contribution is 2.43. The highest BCUT2D eigenvalue weighted by atomic mass is 32.1. The van der Waals surface area contributed by atoms with Crippen molar-refractivity contribution in [3.63, 3.8) is 0 Å². The minimum atomic E-state index is -0.409. The number of thiophene rings is 1. The molecule has 224 valence electrons. The molecular weight excluding hydrogens is 550 g/mol. The van der Waals surface area contributed by atoms with Crippen LogP contribution in [0.4, 0.5) is 10.5 Å². The number of aryl methyl sites for hydroxylation is 1. The first kappa shape index (κ1) is 31.1. The Morgan fingerprint density at radius 2 is 1.74 bits per heavy atom. The summed E-state index contributed by atoms with van der Waals surface area (Å²) in [7, 11) is 5.53. The second kappa shape index (κ2) is 13.0. The number of methoxy groups -OCH3 is 1. The summed E-state index contributed by atoms with van der Waals surface area (Å²) in [6.07, 6.45) is 1.77. The number of amides is 1. The molecule has 0 aliphatic carbocycles. The number of ether oxygens (including phenoxy) is 3. The molecule has 0 radical (unpaired) electrons. The van der Waals surface area contributed by atoms with Crippen molar-refractivity contribution in [1.82, 2.24) is 9.80 Å². The van der Waals surface area contributed by atoms with Gasteiger partial charge < -0.3 is 29.3 Å². The molecule has 0 unspecified atom stereocenters. The molecule has 2 aromatic carbocycles. The zero-order chi connectivity index (χ0) is 30.6. The van der Waals surface area contributed by atoms with E-state index < -0.39 is 6.09 Å². The number of benzene rings is 2. The van der Waals surface area contributed by atoms with E-state index in [1.165, 1.54) is 11.3 Å². The number of fused-ring (bicyclic) bond motifs is 1. The number of hydrogen-bond acceptors (Lipinski definition) is 8. The zero-order valence-electron chi connectivity index (χ0n) is 25.8. The number of carbonyl (C=O) groups excluding carboxylic acids is 2. The lowest BCUT2D eigenvalue weighted by atomic mass is 9.85. The Balaban J connectivity index is 1.70. The molecule has 4 rings (SSSR count). The van der Waals surface area contributed by atoms with Gasteiger partial charge in [0.25, 0.3) is 0 Å². The van der Waals surface area contributed by atoms with E-state index >= 15 is 0 Å². The van der Waals surface area contributed by atoms with Gasteiger partial charge in [0.05, 0.1) is 12.6 Å². The van der Waals surface area contributed by atoms with Crippen LogP contribution in [0.5, 0.6) is 11.5 Å². The fourth-order valence-electron chi connectivity index (χ4n) is 5.18. The lowest BCUT2D eigenvalue weighted by Crippen LogP contribution is -2.38. The minimum absolute atomic E-state index is 0.0821. The summed E-state index contributed by atoms with van der Waals surface area (Å²) >= 11 is 1.42. The van der Waals surface area contributed by atoms with Crippen molar-refractivity contribution in [3.8, 4) is 22.6 Å². The monoisotopic (exact) mass is 591 g/mol. The van der Waals surface area contributed by atoms with Crippen LogP contribution in [0.2, 0.25) is 0 Å². The van der Waals surface area contributed by atoms with Crippen molar-refractivity contribution in [2.75, 3.05) is 46.2 Å². The van der Waals surface area contributed by atoms with Gasteiger partial charge in [-0.1, -0.05) is 12.1 Å². The SMILES string of the molecule is CCN(CCN(C)C)C(=O)Oc1ccc(-c2ccc3c(c2COC(=O)c2ccc(C)s2)C(C)=CC(C)(C)N3)c(OC)c1. The summed E-state index contributed by atoms with van der Waals surface area (Å²) < 4.78 is 17.4.